The molecule has 0 aliphatic rings. The fraction of sp³-hybridized carbons (Fsp3) is 0.111. The van der Waals surface area contributed by atoms with Gasteiger partial charge in [-0.05, 0) is 29.6 Å². The van der Waals surface area contributed by atoms with Crippen molar-refractivity contribution in [3.05, 3.63) is 70.7 Å². The lowest BCUT2D eigenvalue weighted by atomic mass is 10.2. The number of benzene rings is 1. The fourth-order valence-electron chi connectivity index (χ4n) is 2.19. The number of thiophene rings is 1. The van der Waals surface area contributed by atoms with Crippen molar-refractivity contribution in [3.8, 4) is 11.5 Å². The first-order chi connectivity index (χ1) is 12.6. The Morgan fingerprint density at radius 3 is 2.77 bits per heavy atom. The Balaban J connectivity index is 1.69. The number of amides is 1. The van der Waals surface area contributed by atoms with Crippen LogP contribution in [0.5, 0.6) is 11.5 Å². The van der Waals surface area contributed by atoms with Crippen LogP contribution in [0.3, 0.4) is 0 Å². The molecule has 0 atom stereocenters. The van der Waals surface area contributed by atoms with Crippen molar-refractivity contribution in [1.29, 1.82) is 0 Å². The van der Waals surface area contributed by atoms with Gasteiger partial charge in [0.25, 0.3) is 5.91 Å². The number of nitrogens with zero attached hydrogens (tertiary/aromatic N) is 1. The molecule has 0 aliphatic heterocycles. The molecule has 0 fully saturated rings. The van der Waals surface area contributed by atoms with Crippen LogP contribution >= 0.6 is 11.3 Å². The highest BCUT2D eigenvalue weighted by Crippen LogP contribution is 2.28. The third-order valence-corrected chi connectivity index (χ3v) is 4.22. The summed E-state index contributed by atoms with van der Waals surface area (Å²) in [6.45, 7) is -2.93. The molecule has 8 heteroatoms. The van der Waals surface area contributed by atoms with Gasteiger partial charge in [-0.3, -0.25) is 9.78 Å². The average Bonchev–Trinajstić information content (AvgIpc) is 3.10. The van der Waals surface area contributed by atoms with Crippen LogP contribution in [0, 0.1) is 0 Å². The summed E-state index contributed by atoms with van der Waals surface area (Å²) in [4.78, 5) is 16.7. The zero-order chi connectivity index (χ0) is 18.4. The number of aromatic nitrogens is 1. The van der Waals surface area contributed by atoms with E-state index in [1.165, 1.54) is 23.6 Å². The molecule has 0 aliphatic carbocycles. The van der Waals surface area contributed by atoms with Crippen molar-refractivity contribution in [2.24, 2.45) is 0 Å². The molecule has 3 rings (SSSR count). The Labute approximate surface area is 152 Å². The van der Waals surface area contributed by atoms with Crippen molar-refractivity contribution in [2.75, 3.05) is 5.32 Å². The van der Waals surface area contributed by atoms with Crippen molar-refractivity contribution >= 4 is 22.9 Å². The highest BCUT2D eigenvalue weighted by molar-refractivity contribution is 7.12. The largest absolute Gasteiger partial charge is 0.487 e. The van der Waals surface area contributed by atoms with Crippen LogP contribution in [-0.2, 0) is 6.61 Å². The predicted molar refractivity (Wildman–Crippen MR) is 93.9 cm³/mol. The minimum atomic E-state index is -2.92. The van der Waals surface area contributed by atoms with Gasteiger partial charge in [-0.2, -0.15) is 8.78 Å². The second-order valence-electron chi connectivity index (χ2n) is 5.08. The lowest BCUT2D eigenvalue weighted by molar-refractivity contribution is -0.0508. The van der Waals surface area contributed by atoms with Crippen molar-refractivity contribution in [1.82, 2.24) is 4.98 Å². The maximum Gasteiger partial charge on any atom is 0.387 e. The molecule has 0 saturated heterocycles. The molecule has 2 aromatic heterocycles. The van der Waals surface area contributed by atoms with E-state index in [-0.39, 0.29) is 18.3 Å². The van der Waals surface area contributed by atoms with Crippen LogP contribution in [0.4, 0.5) is 14.5 Å². The Bertz CT molecular complexity index is 872. The molecule has 1 N–H and O–H groups in total. The van der Waals surface area contributed by atoms with Gasteiger partial charge < -0.3 is 14.8 Å². The standard InChI is InChI=1S/C18H14F2N2O3S/c19-18(20)25-14-6-2-1-4-12(14)11-24-15-7-9-26-16(15)17(23)22-13-5-3-8-21-10-13/h1-10,18H,11H2,(H,22,23). The van der Waals surface area contributed by atoms with E-state index < -0.39 is 6.61 Å². The number of pyridine rings is 1. The van der Waals surface area contributed by atoms with Gasteiger partial charge in [0.15, 0.2) is 0 Å². The zero-order valence-corrected chi connectivity index (χ0v) is 14.2. The van der Waals surface area contributed by atoms with Gasteiger partial charge in [-0.1, -0.05) is 18.2 Å². The van der Waals surface area contributed by atoms with Crippen LogP contribution < -0.4 is 14.8 Å². The third-order valence-electron chi connectivity index (χ3n) is 3.33. The lowest BCUT2D eigenvalue weighted by Gasteiger charge is -2.12. The highest BCUT2D eigenvalue weighted by Gasteiger charge is 2.16. The number of carbonyl (C=O) groups is 1. The van der Waals surface area contributed by atoms with Gasteiger partial charge in [-0.15, -0.1) is 11.3 Å². The molecule has 0 saturated carbocycles. The number of alkyl halides is 2. The normalized spacial score (nSPS) is 10.6. The van der Waals surface area contributed by atoms with Crippen LogP contribution in [-0.4, -0.2) is 17.5 Å². The molecule has 3 aromatic rings. The van der Waals surface area contributed by atoms with E-state index in [2.05, 4.69) is 15.0 Å². The minimum Gasteiger partial charge on any atom is -0.487 e. The van der Waals surface area contributed by atoms with E-state index >= 15 is 0 Å². The van der Waals surface area contributed by atoms with Crippen molar-refractivity contribution in [3.63, 3.8) is 0 Å². The number of ether oxygens (including phenoxy) is 2. The monoisotopic (exact) mass is 376 g/mol. The summed E-state index contributed by atoms with van der Waals surface area (Å²) >= 11 is 1.22. The summed E-state index contributed by atoms with van der Waals surface area (Å²) in [6, 6.07) is 11.4. The van der Waals surface area contributed by atoms with Crippen molar-refractivity contribution in [2.45, 2.75) is 13.2 Å². The van der Waals surface area contributed by atoms with E-state index in [4.69, 9.17) is 4.74 Å². The summed E-state index contributed by atoms with van der Waals surface area (Å²) in [7, 11) is 0. The van der Waals surface area contributed by atoms with Gasteiger partial charge >= 0.3 is 6.61 Å². The molecule has 0 radical (unpaired) electrons. The number of rotatable bonds is 7. The summed E-state index contributed by atoms with van der Waals surface area (Å²) in [5, 5.41) is 4.44. The molecule has 0 unspecified atom stereocenters. The maximum atomic E-state index is 12.5. The maximum absolute atomic E-state index is 12.5. The number of anilines is 1. The van der Waals surface area contributed by atoms with Gasteiger partial charge in [0.1, 0.15) is 23.0 Å². The Kier molecular flexibility index (Phi) is 5.75. The van der Waals surface area contributed by atoms with E-state index in [0.29, 0.717) is 21.9 Å². The first kappa shape index (κ1) is 17.8. The molecule has 0 spiro atoms. The van der Waals surface area contributed by atoms with Gasteiger partial charge in [0.2, 0.25) is 0 Å². The summed E-state index contributed by atoms with van der Waals surface area (Å²) in [5.74, 6) is 0.0717. The number of nitrogens with one attached hydrogen (secondary N) is 1. The topological polar surface area (TPSA) is 60.5 Å². The average molecular weight is 376 g/mol. The van der Waals surface area contributed by atoms with Crippen LogP contribution in [0.1, 0.15) is 15.2 Å². The molecule has 26 heavy (non-hydrogen) atoms. The van der Waals surface area contributed by atoms with E-state index in [9.17, 15) is 13.6 Å². The van der Waals surface area contributed by atoms with Gasteiger partial charge in [0.05, 0.1) is 11.9 Å². The zero-order valence-electron chi connectivity index (χ0n) is 13.4. The third kappa shape index (κ3) is 4.54. The quantitative estimate of drug-likeness (QED) is 0.656. The molecule has 5 nitrogen and oxygen atoms in total. The number of hydrogen-bond donors (Lipinski definition) is 1. The van der Waals surface area contributed by atoms with E-state index in [1.807, 2.05) is 0 Å². The predicted octanol–water partition coefficient (Wildman–Crippen LogP) is 4.58. The summed E-state index contributed by atoms with van der Waals surface area (Å²) < 4.78 is 35.1. The molecule has 0 bridgehead atoms. The summed E-state index contributed by atoms with van der Waals surface area (Å²) in [5.41, 5.74) is 1.02. The Morgan fingerprint density at radius 1 is 1.15 bits per heavy atom. The number of hydrogen-bond acceptors (Lipinski definition) is 5. The SMILES string of the molecule is O=C(Nc1cccnc1)c1sccc1OCc1ccccc1OC(F)F. The van der Waals surface area contributed by atoms with Crippen molar-refractivity contribution < 1.29 is 23.0 Å². The lowest BCUT2D eigenvalue weighted by Crippen LogP contribution is -2.12. The smallest absolute Gasteiger partial charge is 0.387 e. The second-order valence-corrected chi connectivity index (χ2v) is 6.00. The first-order valence-electron chi connectivity index (χ1n) is 7.58. The van der Waals surface area contributed by atoms with Gasteiger partial charge in [-0.25, -0.2) is 0 Å². The fourth-order valence-corrected chi connectivity index (χ4v) is 2.92. The Hall–Kier alpha value is -3.00. The van der Waals surface area contributed by atoms with Crippen LogP contribution in [0.25, 0.3) is 0 Å². The van der Waals surface area contributed by atoms with E-state index in [0.717, 1.165) is 0 Å². The van der Waals surface area contributed by atoms with Crippen LogP contribution in [0.2, 0.25) is 0 Å². The molecule has 1 aromatic carbocycles. The highest BCUT2D eigenvalue weighted by atomic mass is 32.1. The Morgan fingerprint density at radius 2 is 2.00 bits per heavy atom. The minimum absolute atomic E-state index is 0.00714. The second kappa shape index (κ2) is 8.39. The molecular formula is C18H14F2N2O3S. The summed E-state index contributed by atoms with van der Waals surface area (Å²) in [6.07, 6.45) is 3.14. The van der Waals surface area contributed by atoms with Crippen LogP contribution in [0.15, 0.2) is 60.2 Å². The molecule has 2 heterocycles. The molecule has 134 valence electrons. The molecule has 1 amide bonds. The first-order valence-corrected chi connectivity index (χ1v) is 8.46. The molecular weight excluding hydrogens is 362 g/mol. The van der Waals surface area contributed by atoms with E-state index in [1.54, 1.807) is 48.0 Å². The number of para-hydroxylation sites is 1. The number of carbonyl (C=O) groups excluding carboxylic acids is 1. The van der Waals surface area contributed by atoms with Gasteiger partial charge in [0, 0.05) is 11.8 Å². The number of halogens is 2.